The SMILES string of the molecule is CS(=O)(=O)N[C@H]1CCN(c2occc2C#N)[C@H]1CO[C@H]1CC[C@@H](c2ccccc2)CC1. The first-order valence-electron chi connectivity index (χ1n) is 10.8. The van der Waals surface area contributed by atoms with Gasteiger partial charge in [0.25, 0.3) is 0 Å². The van der Waals surface area contributed by atoms with Crippen LogP contribution in [0.3, 0.4) is 0 Å². The maximum Gasteiger partial charge on any atom is 0.213 e. The summed E-state index contributed by atoms with van der Waals surface area (Å²) in [6.07, 6.45) is 7.61. The molecule has 7 nitrogen and oxygen atoms in total. The molecule has 2 atom stereocenters. The zero-order valence-electron chi connectivity index (χ0n) is 17.7. The number of sulfonamides is 1. The molecule has 0 amide bonds. The molecule has 1 aromatic carbocycles. The van der Waals surface area contributed by atoms with Crippen molar-refractivity contribution in [3.63, 3.8) is 0 Å². The highest BCUT2D eigenvalue weighted by Gasteiger charge is 2.39. The highest BCUT2D eigenvalue weighted by atomic mass is 32.2. The molecular weight excluding hydrogens is 414 g/mol. The second-order valence-electron chi connectivity index (χ2n) is 8.51. The van der Waals surface area contributed by atoms with Gasteiger partial charge in [0.15, 0.2) is 0 Å². The van der Waals surface area contributed by atoms with Crippen molar-refractivity contribution < 1.29 is 17.6 Å². The first-order valence-corrected chi connectivity index (χ1v) is 12.7. The third-order valence-electron chi connectivity index (χ3n) is 6.39. The number of hydrogen-bond acceptors (Lipinski definition) is 6. The summed E-state index contributed by atoms with van der Waals surface area (Å²) < 4.78 is 38.4. The predicted molar refractivity (Wildman–Crippen MR) is 118 cm³/mol. The number of nitriles is 1. The van der Waals surface area contributed by atoms with Crippen molar-refractivity contribution in [1.82, 2.24) is 4.72 Å². The van der Waals surface area contributed by atoms with Gasteiger partial charge in [-0.15, -0.1) is 0 Å². The summed E-state index contributed by atoms with van der Waals surface area (Å²) in [5.41, 5.74) is 1.84. The van der Waals surface area contributed by atoms with Crippen LogP contribution in [0.25, 0.3) is 0 Å². The topological polar surface area (TPSA) is 95.6 Å². The maximum absolute atomic E-state index is 11.9. The molecule has 0 unspecified atom stereocenters. The molecule has 2 heterocycles. The standard InChI is InChI=1S/C23H29N3O4S/c1-31(27,28)25-21-11-13-26(23-19(15-24)12-14-29-23)22(21)16-30-20-9-7-18(8-10-20)17-5-3-2-4-6-17/h2-6,12,14,18,20-22,25H,7-11,13,16H2,1H3/t18-,20+,21-,22-/m0/s1. The highest BCUT2D eigenvalue weighted by Crippen LogP contribution is 2.35. The Morgan fingerprint density at radius 1 is 1.16 bits per heavy atom. The van der Waals surface area contributed by atoms with Crippen LogP contribution in [-0.2, 0) is 14.8 Å². The molecule has 1 saturated carbocycles. The fourth-order valence-electron chi connectivity index (χ4n) is 4.86. The number of furan rings is 1. The maximum atomic E-state index is 11.9. The smallest absolute Gasteiger partial charge is 0.213 e. The van der Waals surface area contributed by atoms with Gasteiger partial charge in [-0.25, -0.2) is 13.1 Å². The summed E-state index contributed by atoms with van der Waals surface area (Å²) in [4.78, 5) is 1.97. The van der Waals surface area contributed by atoms with Gasteiger partial charge in [-0.2, -0.15) is 5.26 Å². The largest absolute Gasteiger partial charge is 0.447 e. The molecule has 0 bridgehead atoms. The molecule has 2 fully saturated rings. The minimum Gasteiger partial charge on any atom is -0.447 e. The van der Waals surface area contributed by atoms with Gasteiger partial charge in [-0.3, -0.25) is 0 Å². The van der Waals surface area contributed by atoms with Gasteiger partial charge in [-0.05, 0) is 49.7 Å². The molecule has 1 aromatic heterocycles. The molecule has 0 spiro atoms. The number of nitrogens with zero attached hydrogens (tertiary/aromatic N) is 2. The number of nitrogens with one attached hydrogen (secondary N) is 1. The Labute approximate surface area is 184 Å². The Kier molecular flexibility index (Phi) is 6.65. The van der Waals surface area contributed by atoms with Crippen molar-refractivity contribution in [3.8, 4) is 6.07 Å². The number of hydrogen-bond donors (Lipinski definition) is 1. The molecule has 1 aliphatic carbocycles. The lowest BCUT2D eigenvalue weighted by atomic mass is 9.83. The normalized spacial score (nSPS) is 26.6. The summed E-state index contributed by atoms with van der Waals surface area (Å²) in [7, 11) is -3.36. The van der Waals surface area contributed by atoms with E-state index in [1.165, 1.54) is 18.1 Å². The number of benzene rings is 1. The van der Waals surface area contributed by atoms with Crippen LogP contribution < -0.4 is 9.62 Å². The monoisotopic (exact) mass is 443 g/mol. The highest BCUT2D eigenvalue weighted by molar-refractivity contribution is 7.88. The minimum atomic E-state index is -3.36. The summed E-state index contributed by atoms with van der Waals surface area (Å²) in [6.45, 7) is 0.990. The van der Waals surface area contributed by atoms with Gasteiger partial charge >= 0.3 is 0 Å². The van der Waals surface area contributed by atoms with Crippen LogP contribution in [-0.4, -0.2) is 46.0 Å². The van der Waals surface area contributed by atoms with Crippen LogP contribution in [0.15, 0.2) is 47.1 Å². The van der Waals surface area contributed by atoms with E-state index in [1.807, 2.05) is 11.0 Å². The van der Waals surface area contributed by atoms with Crippen LogP contribution in [0.4, 0.5) is 5.88 Å². The summed E-state index contributed by atoms with van der Waals surface area (Å²) >= 11 is 0. The van der Waals surface area contributed by atoms with Gasteiger partial charge in [0, 0.05) is 12.6 Å². The molecule has 1 saturated heterocycles. The number of ether oxygens (including phenoxy) is 1. The molecule has 31 heavy (non-hydrogen) atoms. The van der Waals surface area contributed by atoms with Gasteiger partial charge in [0.2, 0.25) is 15.9 Å². The van der Waals surface area contributed by atoms with Crippen molar-refractivity contribution in [1.29, 1.82) is 5.26 Å². The van der Waals surface area contributed by atoms with Gasteiger partial charge in [0.1, 0.15) is 11.6 Å². The lowest BCUT2D eigenvalue weighted by molar-refractivity contribution is 0.0153. The van der Waals surface area contributed by atoms with Crippen molar-refractivity contribution in [2.45, 2.75) is 56.2 Å². The van der Waals surface area contributed by atoms with Crippen molar-refractivity contribution in [3.05, 3.63) is 53.8 Å². The van der Waals surface area contributed by atoms with E-state index < -0.39 is 10.0 Å². The number of anilines is 1. The van der Waals surface area contributed by atoms with Crippen LogP contribution in [0.1, 0.15) is 49.1 Å². The van der Waals surface area contributed by atoms with Gasteiger partial charge < -0.3 is 14.1 Å². The Morgan fingerprint density at radius 2 is 1.90 bits per heavy atom. The van der Waals surface area contributed by atoms with E-state index in [4.69, 9.17) is 9.15 Å². The zero-order valence-corrected chi connectivity index (χ0v) is 18.6. The third kappa shape index (κ3) is 5.29. The van der Waals surface area contributed by atoms with Crippen LogP contribution in [0, 0.1) is 11.3 Å². The minimum absolute atomic E-state index is 0.160. The molecule has 2 aliphatic rings. The quantitative estimate of drug-likeness (QED) is 0.705. The van der Waals surface area contributed by atoms with E-state index in [-0.39, 0.29) is 18.2 Å². The van der Waals surface area contributed by atoms with Crippen LogP contribution in [0.5, 0.6) is 0 Å². The van der Waals surface area contributed by atoms with E-state index >= 15 is 0 Å². The lowest BCUT2D eigenvalue weighted by Crippen LogP contribution is -2.48. The Morgan fingerprint density at radius 3 is 2.58 bits per heavy atom. The Hall–Kier alpha value is -2.34. The van der Waals surface area contributed by atoms with Crippen LogP contribution in [0.2, 0.25) is 0 Å². The predicted octanol–water partition coefficient (Wildman–Crippen LogP) is 3.39. The van der Waals surface area contributed by atoms with E-state index in [1.54, 1.807) is 6.07 Å². The van der Waals surface area contributed by atoms with Crippen LogP contribution >= 0.6 is 0 Å². The zero-order chi connectivity index (χ0) is 21.8. The van der Waals surface area contributed by atoms with E-state index in [9.17, 15) is 13.7 Å². The average Bonchev–Trinajstić information content (AvgIpc) is 3.38. The summed E-state index contributed by atoms with van der Waals surface area (Å²) in [6, 6.07) is 13.9. The molecule has 4 rings (SSSR count). The Bertz CT molecular complexity index is 1010. The molecule has 1 aliphatic heterocycles. The molecule has 1 N–H and O–H groups in total. The average molecular weight is 444 g/mol. The van der Waals surface area contributed by atoms with Crippen molar-refractivity contribution in [2.75, 3.05) is 24.3 Å². The van der Waals surface area contributed by atoms with E-state index in [2.05, 4.69) is 35.1 Å². The number of rotatable bonds is 7. The molecule has 166 valence electrons. The fraction of sp³-hybridized carbons (Fsp3) is 0.522. The van der Waals surface area contributed by atoms with E-state index in [0.717, 1.165) is 25.7 Å². The first kappa shape index (κ1) is 21.9. The summed E-state index contributed by atoms with van der Waals surface area (Å²) in [5, 5.41) is 9.38. The molecular formula is C23H29N3O4S. The fourth-order valence-corrected chi connectivity index (χ4v) is 5.68. The Balaban J connectivity index is 1.40. The van der Waals surface area contributed by atoms with Gasteiger partial charge in [0.05, 0.1) is 31.3 Å². The first-order chi connectivity index (χ1) is 14.9. The van der Waals surface area contributed by atoms with Crippen molar-refractivity contribution >= 4 is 15.9 Å². The third-order valence-corrected chi connectivity index (χ3v) is 7.12. The molecule has 0 radical (unpaired) electrons. The summed E-state index contributed by atoms with van der Waals surface area (Å²) in [5.74, 6) is 1.06. The van der Waals surface area contributed by atoms with E-state index in [0.29, 0.717) is 36.9 Å². The van der Waals surface area contributed by atoms with Gasteiger partial charge in [-0.1, -0.05) is 30.3 Å². The molecule has 2 aromatic rings. The lowest BCUT2D eigenvalue weighted by Gasteiger charge is -2.33. The second-order valence-corrected chi connectivity index (χ2v) is 10.3. The van der Waals surface area contributed by atoms with Crippen molar-refractivity contribution in [2.24, 2.45) is 0 Å². The molecule has 8 heteroatoms. The second kappa shape index (κ2) is 9.43.